The number of benzene rings is 2. The average Bonchev–Trinajstić information content (AvgIpc) is 2.75. The Morgan fingerprint density at radius 3 is 2.63 bits per heavy atom. The van der Waals surface area contributed by atoms with Crippen molar-refractivity contribution >= 4 is 34.3 Å². The first kappa shape index (κ1) is 18.2. The molecule has 0 saturated heterocycles. The van der Waals surface area contributed by atoms with E-state index in [9.17, 15) is 8.78 Å². The lowest BCUT2D eigenvalue weighted by molar-refractivity contribution is 0.351. The van der Waals surface area contributed by atoms with Crippen LogP contribution in [0.4, 0.5) is 8.78 Å². The number of likely N-dealkylation sites (N-methyl/N-ethyl adjacent to an activating group) is 1. The zero-order valence-corrected chi connectivity index (χ0v) is 16.2. The number of allylic oxidation sites excluding steroid dienone is 1. The summed E-state index contributed by atoms with van der Waals surface area (Å²) in [4.78, 5) is 2.32. The largest absolute Gasteiger partial charge is 0.320 e. The fraction of sp³-hybridized carbons (Fsp3) is 0.273. The average molecular weight is 387 g/mol. The van der Waals surface area contributed by atoms with Gasteiger partial charge in [0.15, 0.2) is 0 Å². The monoisotopic (exact) mass is 386 g/mol. The molecule has 2 aromatic carbocycles. The van der Waals surface area contributed by atoms with Crippen LogP contribution in [0.2, 0.25) is 5.02 Å². The van der Waals surface area contributed by atoms with Crippen molar-refractivity contribution in [1.82, 2.24) is 9.47 Å². The van der Waals surface area contributed by atoms with Crippen molar-refractivity contribution in [3.05, 3.63) is 69.9 Å². The number of halogens is 3. The molecule has 0 atom stereocenters. The van der Waals surface area contributed by atoms with Crippen LogP contribution in [0.5, 0.6) is 0 Å². The van der Waals surface area contributed by atoms with Crippen LogP contribution in [0.1, 0.15) is 23.7 Å². The molecule has 140 valence electrons. The Hall–Kier alpha value is -2.17. The molecule has 0 radical (unpaired) electrons. The number of hydrogen-bond acceptors (Lipinski definition) is 1. The highest BCUT2D eigenvalue weighted by molar-refractivity contribution is 6.31. The zero-order valence-electron chi connectivity index (χ0n) is 15.4. The van der Waals surface area contributed by atoms with E-state index in [1.807, 2.05) is 31.3 Å². The minimum atomic E-state index is -0.568. The summed E-state index contributed by atoms with van der Waals surface area (Å²) >= 11 is 6.26. The molecule has 0 bridgehead atoms. The quantitative estimate of drug-likeness (QED) is 0.554. The lowest BCUT2D eigenvalue weighted by Gasteiger charge is -2.13. The van der Waals surface area contributed by atoms with Gasteiger partial charge in [-0.3, -0.25) is 0 Å². The summed E-state index contributed by atoms with van der Waals surface area (Å²) in [7, 11) is 2.13. The van der Waals surface area contributed by atoms with E-state index in [0.29, 0.717) is 10.6 Å². The molecule has 4 rings (SSSR count). The van der Waals surface area contributed by atoms with Gasteiger partial charge >= 0.3 is 0 Å². The second kappa shape index (κ2) is 7.10. The lowest BCUT2D eigenvalue weighted by atomic mass is 10.1. The second-order valence-electron chi connectivity index (χ2n) is 7.20. The van der Waals surface area contributed by atoms with E-state index in [2.05, 4.69) is 16.5 Å². The van der Waals surface area contributed by atoms with E-state index in [1.54, 1.807) is 0 Å². The number of fused-ring (bicyclic) bond motifs is 3. The molecular weight excluding hydrogens is 366 g/mol. The SMILES string of the molecule is CC(=Cn1c2c(c3cc(Cl)ccc31)CCN(C)CC2)c1ccc(F)cc1F. The van der Waals surface area contributed by atoms with Crippen molar-refractivity contribution in [2.24, 2.45) is 0 Å². The van der Waals surface area contributed by atoms with Crippen LogP contribution in [0.15, 0.2) is 36.4 Å². The second-order valence-corrected chi connectivity index (χ2v) is 7.63. The molecule has 1 aromatic heterocycles. The van der Waals surface area contributed by atoms with Crippen molar-refractivity contribution in [3.63, 3.8) is 0 Å². The Bertz CT molecular complexity index is 1050. The summed E-state index contributed by atoms with van der Waals surface area (Å²) in [6.07, 6.45) is 3.82. The van der Waals surface area contributed by atoms with Gasteiger partial charge in [-0.25, -0.2) is 8.78 Å². The summed E-state index contributed by atoms with van der Waals surface area (Å²) in [6, 6.07) is 9.62. The smallest absolute Gasteiger partial charge is 0.133 e. The molecule has 2 heterocycles. The molecule has 0 fully saturated rings. The Morgan fingerprint density at radius 2 is 1.85 bits per heavy atom. The van der Waals surface area contributed by atoms with Gasteiger partial charge < -0.3 is 9.47 Å². The highest BCUT2D eigenvalue weighted by Gasteiger charge is 2.20. The van der Waals surface area contributed by atoms with Crippen LogP contribution in [0.3, 0.4) is 0 Å². The lowest BCUT2D eigenvalue weighted by Crippen LogP contribution is -2.21. The first-order valence-electron chi connectivity index (χ1n) is 9.07. The fourth-order valence-corrected chi connectivity index (χ4v) is 4.06. The van der Waals surface area contributed by atoms with Crippen LogP contribution < -0.4 is 0 Å². The Kier molecular flexibility index (Phi) is 4.79. The normalized spacial score (nSPS) is 15.8. The standard InChI is InChI=1S/C22H21ClF2N2/c1-14(17-5-4-16(24)12-20(17)25)13-27-21-6-3-15(23)11-19(21)18-7-9-26(2)10-8-22(18)27/h3-6,11-13H,7-10H2,1-2H3. The van der Waals surface area contributed by atoms with Crippen LogP contribution in [0, 0.1) is 11.6 Å². The maximum absolute atomic E-state index is 14.2. The van der Waals surface area contributed by atoms with Gasteiger partial charge in [-0.1, -0.05) is 11.6 Å². The molecule has 0 N–H and O–H groups in total. The maximum atomic E-state index is 14.2. The van der Waals surface area contributed by atoms with Gasteiger partial charge in [0.1, 0.15) is 11.6 Å². The Labute approximate surface area is 162 Å². The van der Waals surface area contributed by atoms with Crippen molar-refractivity contribution in [2.45, 2.75) is 19.8 Å². The van der Waals surface area contributed by atoms with Gasteiger partial charge in [0.05, 0.1) is 5.52 Å². The van der Waals surface area contributed by atoms with Crippen LogP contribution in [-0.4, -0.2) is 29.6 Å². The summed E-state index contributed by atoms with van der Waals surface area (Å²) in [5.74, 6) is -1.11. The maximum Gasteiger partial charge on any atom is 0.133 e. The van der Waals surface area contributed by atoms with Gasteiger partial charge in [0, 0.05) is 53.4 Å². The molecule has 0 amide bonds. The number of rotatable bonds is 2. The highest BCUT2D eigenvalue weighted by atomic mass is 35.5. The van der Waals surface area contributed by atoms with E-state index >= 15 is 0 Å². The third-order valence-electron chi connectivity index (χ3n) is 5.33. The van der Waals surface area contributed by atoms with E-state index in [1.165, 1.54) is 23.4 Å². The molecule has 1 aliphatic heterocycles. The third-order valence-corrected chi connectivity index (χ3v) is 5.57. The number of aromatic nitrogens is 1. The van der Waals surface area contributed by atoms with Crippen LogP contribution in [0.25, 0.3) is 22.7 Å². The Morgan fingerprint density at radius 1 is 1.07 bits per heavy atom. The fourth-order valence-electron chi connectivity index (χ4n) is 3.89. The van der Waals surface area contributed by atoms with Gasteiger partial charge in [-0.2, -0.15) is 0 Å². The van der Waals surface area contributed by atoms with Crippen molar-refractivity contribution in [3.8, 4) is 0 Å². The molecule has 0 saturated carbocycles. The minimum Gasteiger partial charge on any atom is -0.320 e. The topological polar surface area (TPSA) is 8.17 Å². The molecule has 5 heteroatoms. The summed E-state index contributed by atoms with van der Waals surface area (Å²) < 4.78 is 29.6. The van der Waals surface area contributed by atoms with E-state index in [0.717, 1.165) is 48.5 Å². The van der Waals surface area contributed by atoms with Crippen molar-refractivity contribution < 1.29 is 8.78 Å². The molecular formula is C22H21ClF2N2. The molecule has 27 heavy (non-hydrogen) atoms. The summed E-state index contributed by atoms with van der Waals surface area (Å²) in [5, 5.41) is 1.86. The molecule has 2 nitrogen and oxygen atoms in total. The first-order chi connectivity index (χ1) is 12.9. The van der Waals surface area contributed by atoms with E-state index < -0.39 is 11.6 Å². The van der Waals surface area contributed by atoms with Crippen LogP contribution in [-0.2, 0) is 12.8 Å². The van der Waals surface area contributed by atoms with Crippen LogP contribution >= 0.6 is 11.6 Å². The highest BCUT2D eigenvalue weighted by Crippen LogP contribution is 2.33. The molecule has 0 spiro atoms. The molecule has 0 unspecified atom stereocenters. The zero-order chi connectivity index (χ0) is 19.1. The van der Waals surface area contributed by atoms with E-state index in [4.69, 9.17) is 11.6 Å². The summed E-state index contributed by atoms with van der Waals surface area (Å²) in [5.41, 5.74) is 4.77. The number of nitrogens with zero attached hydrogens (tertiary/aromatic N) is 2. The molecule has 0 aliphatic carbocycles. The summed E-state index contributed by atoms with van der Waals surface area (Å²) in [6.45, 7) is 3.82. The Balaban J connectivity index is 1.90. The van der Waals surface area contributed by atoms with Gasteiger partial charge in [0.25, 0.3) is 0 Å². The molecule has 3 aromatic rings. The third kappa shape index (κ3) is 3.40. The predicted octanol–water partition coefficient (Wildman–Crippen LogP) is 5.62. The molecule has 1 aliphatic rings. The first-order valence-corrected chi connectivity index (χ1v) is 9.45. The van der Waals surface area contributed by atoms with Gasteiger partial charge in [0.2, 0.25) is 0 Å². The predicted molar refractivity (Wildman–Crippen MR) is 108 cm³/mol. The van der Waals surface area contributed by atoms with Crippen molar-refractivity contribution in [2.75, 3.05) is 20.1 Å². The minimum absolute atomic E-state index is 0.409. The van der Waals surface area contributed by atoms with Gasteiger partial charge in [-0.05, 0) is 61.9 Å². The van der Waals surface area contributed by atoms with Gasteiger partial charge in [-0.15, -0.1) is 0 Å². The van der Waals surface area contributed by atoms with E-state index in [-0.39, 0.29) is 0 Å². The van der Waals surface area contributed by atoms with Crippen molar-refractivity contribution in [1.29, 1.82) is 0 Å². The number of hydrogen-bond donors (Lipinski definition) is 0.